The van der Waals surface area contributed by atoms with Crippen molar-refractivity contribution in [2.45, 2.75) is 31.3 Å². The van der Waals surface area contributed by atoms with Crippen LogP contribution in [0.4, 0.5) is 0 Å². The Hall–Kier alpha value is -0.260. The zero-order valence-corrected chi connectivity index (χ0v) is 11.3. The summed E-state index contributed by atoms with van der Waals surface area (Å²) in [5, 5.41) is 3.74. The minimum atomic E-state index is -0.122. The lowest BCUT2D eigenvalue weighted by Crippen LogP contribution is -2.47. The number of rotatable bonds is 4. The lowest BCUT2D eigenvalue weighted by atomic mass is 10.0. The first-order chi connectivity index (χ1) is 8.28. The number of hydrogen-bond donors (Lipinski definition) is 1. The van der Waals surface area contributed by atoms with Crippen LogP contribution < -0.4 is 5.32 Å². The molecule has 5 heteroatoms. The second kappa shape index (κ2) is 6.61. The number of ether oxygens (including phenoxy) is 1. The van der Waals surface area contributed by atoms with Crippen molar-refractivity contribution < 1.29 is 9.53 Å². The zero-order chi connectivity index (χ0) is 12.1. The molecule has 0 amide bonds. The minimum Gasteiger partial charge on any atom is -0.468 e. The van der Waals surface area contributed by atoms with Crippen molar-refractivity contribution in [1.82, 2.24) is 10.2 Å². The summed E-state index contributed by atoms with van der Waals surface area (Å²) in [5.74, 6) is 2.45. The van der Waals surface area contributed by atoms with Gasteiger partial charge in [-0.1, -0.05) is 0 Å². The highest BCUT2D eigenvalue weighted by Crippen LogP contribution is 2.19. The molecule has 1 N–H and O–H groups in total. The van der Waals surface area contributed by atoms with Crippen LogP contribution in [0.1, 0.15) is 19.3 Å². The van der Waals surface area contributed by atoms with Gasteiger partial charge in [-0.05, 0) is 25.0 Å². The monoisotopic (exact) mass is 258 g/mol. The minimum absolute atomic E-state index is 0.122. The largest absolute Gasteiger partial charge is 0.468 e. The van der Waals surface area contributed by atoms with Crippen molar-refractivity contribution in [3.05, 3.63) is 0 Å². The van der Waals surface area contributed by atoms with Crippen LogP contribution in [0.3, 0.4) is 0 Å². The standard InChI is InChI=1S/C12H22N2O2S/c1-16-12(15)8-14-5-2-10(3-6-14)13-11-4-7-17-9-11/h10-11,13H,2-9H2,1H3. The van der Waals surface area contributed by atoms with E-state index in [0.717, 1.165) is 32.0 Å². The average molecular weight is 258 g/mol. The number of carbonyl (C=O) groups excluding carboxylic acids is 1. The van der Waals surface area contributed by atoms with E-state index in [1.165, 1.54) is 25.0 Å². The average Bonchev–Trinajstić information content (AvgIpc) is 2.84. The number of nitrogens with one attached hydrogen (secondary N) is 1. The first-order valence-corrected chi connectivity index (χ1v) is 7.56. The van der Waals surface area contributed by atoms with Crippen LogP contribution in [-0.4, -0.2) is 61.2 Å². The maximum Gasteiger partial charge on any atom is 0.319 e. The summed E-state index contributed by atoms with van der Waals surface area (Å²) < 4.78 is 4.69. The fourth-order valence-corrected chi connectivity index (χ4v) is 3.67. The van der Waals surface area contributed by atoms with Gasteiger partial charge in [-0.25, -0.2) is 0 Å². The zero-order valence-electron chi connectivity index (χ0n) is 10.5. The number of nitrogens with zero attached hydrogens (tertiary/aromatic N) is 1. The van der Waals surface area contributed by atoms with Crippen LogP contribution in [0.5, 0.6) is 0 Å². The fourth-order valence-electron chi connectivity index (χ4n) is 2.50. The molecule has 2 aliphatic rings. The maximum absolute atomic E-state index is 11.2. The molecular weight excluding hydrogens is 236 g/mol. The Morgan fingerprint density at radius 1 is 1.35 bits per heavy atom. The van der Waals surface area contributed by atoms with E-state index in [4.69, 9.17) is 0 Å². The number of esters is 1. The van der Waals surface area contributed by atoms with Gasteiger partial charge in [-0.2, -0.15) is 11.8 Å². The van der Waals surface area contributed by atoms with Crippen LogP contribution in [0, 0.1) is 0 Å². The summed E-state index contributed by atoms with van der Waals surface area (Å²) in [6.45, 7) is 2.46. The normalized spacial score (nSPS) is 27.2. The van der Waals surface area contributed by atoms with Crippen molar-refractivity contribution in [2.75, 3.05) is 38.2 Å². The molecule has 1 atom stereocenters. The summed E-state index contributed by atoms with van der Waals surface area (Å²) in [4.78, 5) is 13.3. The van der Waals surface area contributed by atoms with Gasteiger partial charge in [0, 0.05) is 30.9 Å². The highest BCUT2D eigenvalue weighted by molar-refractivity contribution is 7.99. The molecule has 1 unspecified atom stereocenters. The van der Waals surface area contributed by atoms with E-state index >= 15 is 0 Å². The Labute approximate surface area is 107 Å². The topological polar surface area (TPSA) is 41.6 Å². The Bertz CT molecular complexity index is 249. The van der Waals surface area contributed by atoms with E-state index in [-0.39, 0.29) is 5.97 Å². The smallest absolute Gasteiger partial charge is 0.319 e. The molecule has 0 aromatic rings. The van der Waals surface area contributed by atoms with Gasteiger partial charge in [0.15, 0.2) is 0 Å². The van der Waals surface area contributed by atoms with Crippen LogP contribution in [0.25, 0.3) is 0 Å². The molecule has 2 saturated heterocycles. The number of piperidine rings is 1. The van der Waals surface area contributed by atoms with Gasteiger partial charge >= 0.3 is 5.97 Å². The number of likely N-dealkylation sites (tertiary alicyclic amines) is 1. The lowest BCUT2D eigenvalue weighted by molar-refractivity contribution is -0.142. The van der Waals surface area contributed by atoms with Crippen molar-refractivity contribution in [3.8, 4) is 0 Å². The number of thioether (sulfide) groups is 1. The van der Waals surface area contributed by atoms with E-state index in [1.807, 2.05) is 11.8 Å². The van der Waals surface area contributed by atoms with E-state index in [0.29, 0.717) is 12.6 Å². The summed E-state index contributed by atoms with van der Waals surface area (Å²) in [6, 6.07) is 1.37. The van der Waals surface area contributed by atoms with Crippen LogP contribution in [0.2, 0.25) is 0 Å². The highest BCUT2D eigenvalue weighted by Gasteiger charge is 2.24. The molecule has 4 nitrogen and oxygen atoms in total. The lowest BCUT2D eigenvalue weighted by Gasteiger charge is -2.33. The first kappa shape index (κ1) is 13.2. The van der Waals surface area contributed by atoms with Crippen LogP contribution >= 0.6 is 11.8 Å². The highest BCUT2D eigenvalue weighted by atomic mass is 32.2. The number of methoxy groups -OCH3 is 1. The molecule has 17 heavy (non-hydrogen) atoms. The Kier molecular flexibility index (Phi) is 5.13. The van der Waals surface area contributed by atoms with E-state index in [2.05, 4.69) is 15.0 Å². The Morgan fingerprint density at radius 2 is 2.12 bits per heavy atom. The van der Waals surface area contributed by atoms with Gasteiger partial charge in [-0.3, -0.25) is 9.69 Å². The second-order valence-electron chi connectivity index (χ2n) is 4.85. The first-order valence-electron chi connectivity index (χ1n) is 6.41. The summed E-state index contributed by atoms with van der Waals surface area (Å²) in [6.07, 6.45) is 3.61. The number of hydrogen-bond acceptors (Lipinski definition) is 5. The summed E-state index contributed by atoms with van der Waals surface area (Å²) in [7, 11) is 1.45. The van der Waals surface area contributed by atoms with Crippen molar-refractivity contribution in [2.24, 2.45) is 0 Å². The van der Waals surface area contributed by atoms with Crippen molar-refractivity contribution >= 4 is 17.7 Å². The predicted molar refractivity (Wildman–Crippen MR) is 70.3 cm³/mol. The van der Waals surface area contributed by atoms with Crippen LogP contribution in [0.15, 0.2) is 0 Å². The van der Waals surface area contributed by atoms with Gasteiger partial charge in [0.2, 0.25) is 0 Å². The van der Waals surface area contributed by atoms with E-state index in [9.17, 15) is 4.79 Å². The van der Waals surface area contributed by atoms with Crippen molar-refractivity contribution in [3.63, 3.8) is 0 Å². The van der Waals surface area contributed by atoms with Gasteiger partial charge < -0.3 is 10.1 Å². The molecule has 0 saturated carbocycles. The third-order valence-corrected chi connectivity index (χ3v) is 4.73. The molecule has 0 aromatic heterocycles. The number of carbonyl (C=O) groups is 1. The molecule has 0 aromatic carbocycles. The molecule has 98 valence electrons. The molecule has 0 bridgehead atoms. The van der Waals surface area contributed by atoms with Crippen molar-refractivity contribution in [1.29, 1.82) is 0 Å². The van der Waals surface area contributed by atoms with E-state index < -0.39 is 0 Å². The molecule has 2 fully saturated rings. The Balaban J connectivity index is 1.65. The third-order valence-electron chi connectivity index (χ3n) is 3.57. The van der Waals surface area contributed by atoms with Gasteiger partial charge in [0.25, 0.3) is 0 Å². The molecule has 2 heterocycles. The molecule has 0 aliphatic carbocycles. The molecule has 0 radical (unpaired) electrons. The molecule has 0 spiro atoms. The summed E-state index contributed by atoms with van der Waals surface area (Å²) >= 11 is 2.05. The van der Waals surface area contributed by atoms with E-state index in [1.54, 1.807) is 0 Å². The molecular formula is C12H22N2O2S. The van der Waals surface area contributed by atoms with Gasteiger partial charge in [-0.15, -0.1) is 0 Å². The third kappa shape index (κ3) is 4.16. The van der Waals surface area contributed by atoms with Gasteiger partial charge in [0.05, 0.1) is 13.7 Å². The maximum atomic E-state index is 11.2. The Morgan fingerprint density at radius 3 is 2.71 bits per heavy atom. The summed E-state index contributed by atoms with van der Waals surface area (Å²) in [5.41, 5.74) is 0. The molecule has 2 rings (SSSR count). The quantitative estimate of drug-likeness (QED) is 0.753. The SMILES string of the molecule is COC(=O)CN1CCC(NC2CCSC2)CC1. The fraction of sp³-hybridized carbons (Fsp3) is 0.917. The molecule has 2 aliphatic heterocycles. The predicted octanol–water partition coefficient (Wildman–Crippen LogP) is 0.719. The van der Waals surface area contributed by atoms with Crippen LogP contribution in [-0.2, 0) is 9.53 Å². The van der Waals surface area contributed by atoms with Gasteiger partial charge in [0.1, 0.15) is 0 Å². The second-order valence-corrected chi connectivity index (χ2v) is 6.00.